The molecule has 0 saturated carbocycles. The van der Waals surface area contributed by atoms with Crippen molar-refractivity contribution in [1.29, 1.82) is 0 Å². The largest absolute Gasteiger partial charge is 0.330 e. The highest BCUT2D eigenvalue weighted by molar-refractivity contribution is 9.10. The molecule has 0 spiro atoms. The van der Waals surface area contributed by atoms with Gasteiger partial charge in [-0.1, -0.05) is 15.9 Å². The monoisotopic (exact) mass is 328 g/mol. The van der Waals surface area contributed by atoms with Crippen molar-refractivity contribution in [2.24, 2.45) is 5.73 Å². The molecule has 0 aliphatic heterocycles. The molecule has 0 radical (unpaired) electrons. The number of aromatic nitrogens is 1. The molecule has 2 N–H and O–H groups in total. The van der Waals surface area contributed by atoms with Gasteiger partial charge in [0.15, 0.2) is 0 Å². The molecule has 0 bridgehead atoms. The molecule has 0 aliphatic rings. The third kappa shape index (κ3) is 2.96. The Bertz CT molecular complexity index is 554. The second kappa shape index (κ2) is 5.91. The molecule has 1 aromatic carbocycles. The minimum atomic E-state index is -0.239. The molecule has 0 atom stereocenters. The smallest absolute Gasteiger partial charge is 0.133 e. The Morgan fingerprint density at radius 1 is 1.44 bits per heavy atom. The predicted molar refractivity (Wildman–Crippen MR) is 77.3 cm³/mol. The first-order chi connectivity index (χ1) is 8.61. The third-order valence-corrected chi connectivity index (χ3v) is 4.40. The number of hydrogen-bond donors (Lipinski definition) is 1. The first-order valence-electron chi connectivity index (χ1n) is 5.73. The van der Waals surface area contributed by atoms with Crippen LogP contribution in [0.1, 0.15) is 17.0 Å². The van der Waals surface area contributed by atoms with E-state index in [0.717, 1.165) is 28.0 Å². The molecule has 0 aliphatic carbocycles. The van der Waals surface area contributed by atoms with Gasteiger partial charge in [-0.15, -0.1) is 11.3 Å². The molecular formula is C13H14BrFN2S. The van der Waals surface area contributed by atoms with E-state index in [9.17, 15) is 4.39 Å². The van der Waals surface area contributed by atoms with Crippen molar-refractivity contribution in [2.45, 2.75) is 19.8 Å². The normalized spacial score (nSPS) is 10.9. The lowest BCUT2D eigenvalue weighted by Gasteiger charge is -1.99. The van der Waals surface area contributed by atoms with Gasteiger partial charge in [-0.25, -0.2) is 9.37 Å². The Hall–Kier alpha value is -0.780. The van der Waals surface area contributed by atoms with Gasteiger partial charge in [-0.2, -0.15) is 0 Å². The molecule has 2 aromatic rings. The molecule has 1 aromatic heterocycles. The third-order valence-electron chi connectivity index (χ3n) is 2.66. The summed E-state index contributed by atoms with van der Waals surface area (Å²) in [6.07, 6.45) is 1.85. The van der Waals surface area contributed by atoms with Gasteiger partial charge in [0.25, 0.3) is 0 Å². The van der Waals surface area contributed by atoms with Crippen LogP contribution >= 0.6 is 27.3 Å². The zero-order valence-electron chi connectivity index (χ0n) is 10.0. The summed E-state index contributed by atoms with van der Waals surface area (Å²) in [6.45, 7) is 2.62. The average Bonchev–Trinajstić information content (AvgIpc) is 2.71. The quantitative estimate of drug-likeness (QED) is 0.924. The second-order valence-corrected chi connectivity index (χ2v) is 6.04. The molecule has 96 valence electrons. The van der Waals surface area contributed by atoms with E-state index in [-0.39, 0.29) is 5.82 Å². The van der Waals surface area contributed by atoms with Gasteiger partial charge in [0.1, 0.15) is 10.8 Å². The molecule has 1 heterocycles. The Morgan fingerprint density at radius 3 is 2.94 bits per heavy atom. The van der Waals surface area contributed by atoms with Crippen molar-refractivity contribution in [3.63, 3.8) is 0 Å². The molecular weight excluding hydrogens is 315 g/mol. The highest BCUT2D eigenvalue weighted by Crippen LogP contribution is 2.32. The summed E-state index contributed by atoms with van der Waals surface area (Å²) in [5.74, 6) is -0.239. The summed E-state index contributed by atoms with van der Waals surface area (Å²) < 4.78 is 14.6. The van der Waals surface area contributed by atoms with E-state index < -0.39 is 0 Å². The number of nitrogens with zero attached hydrogens (tertiary/aromatic N) is 1. The van der Waals surface area contributed by atoms with Crippen molar-refractivity contribution in [3.8, 4) is 10.6 Å². The lowest BCUT2D eigenvalue weighted by Crippen LogP contribution is -1.99. The van der Waals surface area contributed by atoms with Crippen molar-refractivity contribution < 1.29 is 4.39 Å². The lowest BCUT2D eigenvalue weighted by molar-refractivity contribution is 0.631. The number of thiazole rings is 1. The molecule has 18 heavy (non-hydrogen) atoms. The van der Waals surface area contributed by atoms with Crippen LogP contribution in [-0.2, 0) is 6.42 Å². The van der Waals surface area contributed by atoms with Crippen LogP contribution in [0.3, 0.4) is 0 Å². The molecule has 0 unspecified atom stereocenters. The van der Waals surface area contributed by atoms with E-state index in [1.807, 2.05) is 6.92 Å². The lowest BCUT2D eigenvalue weighted by atomic mass is 10.2. The SMILES string of the molecule is Cc1nc(-c2cc(Br)ccc2F)sc1CCCN. The topological polar surface area (TPSA) is 38.9 Å². The van der Waals surface area contributed by atoms with Crippen LogP contribution in [0.5, 0.6) is 0 Å². The van der Waals surface area contributed by atoms with E-state index >= 15 is 0 Å². The van der Waals surface area contributed by atoms with Gasteiger partial charge in [0.05, 0.1) is 5.69 Å². The second-order valence-electron chi connectivity index (χ2n) is 4.04. The standard InChI is InChI=1S/C13H14BrFN2S/c1-8-12(3-2-6-16)18-13(17-8)10-7-9(14)4-5-11(10)15/h4-5,7H,2-3,6,16H2,1H3. The minimum absolute atomic E-state index is 0.239. The maximum Gasteiger partial charge on any atom is 0.133 e. The van der Waals surface area contributed by atoms with Crippen molar-refractivity contribution in [1.82, 2.24) is 4.98 Å². The van der Waals surface area contributed by atoms with Crippen LogP contribution in [0.15, 0.2) is 22.7 Å². The number of aryl methyl sites for hydroxylation is 2. The van der Waals surface area contributed by atoms with Gasteiger partial charge >= 0.3 is 0 Å². The van der Waals surface area contributed by atoms with Crippen LogP contribution < -0.4 is 5.73 Å². The minimum Gasteiger partial charge on any atom is -0.330 e. The highest BCUT2D eigenvalue weighted by Gasteiger charge is 2.13. The van der Waals surface area contributed by atoms with Gasteiger partial charge < -0.3 is 5.73 Å². The predicted octanol–water partition coefficient (Wildman–Crippen LogP) is 3.91. The summed E-state index contributed by atoms with van der Waals surface area (Å²) in [5, 5.41) is 0.735. The van der Waals surface area contributed by atoms with Gasteiger partial charge in [0.2, 0.25) is 0 Å². The summed E-state index contributed by atoms with van der Waals surface area (Å²) in [6, 6.07) is 4.91. The molecule has 2 nitrogen and oxygen atoms in total. The fourth-order valence-corrected chi connectivity index (χ4v) is 3.18. The van der Waals surface area contributed by atoms with Crippen molar-refractivity contribution in [2.75, 3.05) is 6.54 Å². The first kappa shape index (κ1) is 13.6. The number of nitrogens with two attached hydrogens (primary N) is 1. The highest BCUT2D eigenvalue weighted by atomic mass is 79.9. The van der Waals surface area contributed by atoms with Crippen LogP contribution in [0.2, 0.25) is 0 Å². The Labute approximate surface area is 118 Å². The van der Waals surface area contributed by atoms with Crippen LogP contribution in [0.25, 0.3) is 10.6 Å². The molecule has 0 saturated heterocycles. The average molecular weight is 329 g/mol. The van der Waals surface area contributed by atoms with Crippen LogP contribution in [0.4, 0.5) is 4.39 Å². The maximum absolute atomic E-state index is 13.8. The van der Waals surface area contributed by atoms with Gasteiger partial charge in [-0.3, -0.25) is 0 Å². The van der Waals surface area contributed by atoms with Gasteiger partial charge in [0, 0.05) is 14.9 Å². The van der Waals surface area contributed by atoms with Gasteiger partial charge in [-0.05, 0) is 44.5 Å². The van der Waals surface area contributed by atoms with Crippen molar-refractivity contribution >= 4 is 27.3 Å². The number of rotatable bonds is 4. The zero-order valence-corrected chi connectivity index (χ0v) is 12.4. The molecule has 0 amide bonds. The van der Waals surface area contributed by atoms with Crippen molar-refractivity contribution in [3.05, 3.63) is 39.1 Å². The number of halogens is 2. The Balaban J connectivity index is 2.36. The molecule has 2 rings (SSSR count). The summed E-state index contributed by atoms with van der Waals surface area (Å²) in [5.41, 5.74) is 7.03. The summed E-state index contributed by atoms with van der Waals surface area (Å²) in [4.78, 5) is 5.64. The fourth-order valence-electron chi connectivity index (χ4n) is 1.70. The van der Waals surface area contributed by atoms with E-state index in [2.05, 4.69) is 20.9 Å². The Kier molecular flexibility index (Phi) is 4.48. The Morgan fingerprint density at radius 2 is 2.22 bits per heavy atom. The maximum atomic E-state index is 13.8. The molecule has 5 heteroatoms. The van der Waals surface area contributed by atoms with E-state index in [4.69, 9.17) is 5.73 Å². The number of hydrogen-bond acceptors (Lipinski definition) is 3. The summed E-state index contributed by atoms with van der Waals surface area (Å²) in [7, 11) is 0. The van der Waals surface area contributed by atoms with E-state index in [1.165, 1.54) is 10.9 Å². The van der Waals surface area contributed by atoms with E-state index in [0.29, 0.717) is 12.1 Å². The molecule has 0 fully saturated rings. The van der Waals surface area contributed by atoms with E-state index in [1.54, 1.807) is 23.5 Å². The van der Waals surface area contributed by atoms with Crippen LogP contribution in [0, 0.1) is 12.7 Å². The first-order valence-corrected chi connectivity index (χ1v) is 7.34. The summed E-state index contributed by atoms with van der Waals surface area (Å²) >= 11 is 4.90. The fraction of sp³-hybridized carbons (Fsp3) is 0.308. The van der Waals surface area contributed by atoms with Crippen LogP contribution in [-0.4, -0.2) is 11.5 Å². The zero-order chi connectivity index (χ0) is 13.1. The number of benzene rings is 1.